The fourth-order valence-electron chi connectivity index (χ4n) is 4.63. The van der Waals surface area contributed by atoms with Gasteiger partial charge in [-0.05, 0) is 57.6 Å². The van der Waals surface area contributed by atoms with Crippen molar-refractivity contribution in [1.29, 1.82) is 0 Å². The third kappa shape index (κ3) is 4.63. The molecule has 176 valence electrons. The van der Waals surface area contributed by atoms with Gasteiger partial charge in [0.15, 0.2) is 5.65 Å². The third-order valence-corrected chi connectivity index (χ3v) is 6.58. The molecular weight excluding hydrogens is 430 g/mol. The van der Waals surface area contributed by atoms with Gasteiger partial charge in [-0.15, -0.1) is 0 Å². The molecule has 0 atom stereocenters. The molecule has 0 spiro atoms. The largest absolute Gasteiger partial charge is 0.390 e. The minimum absolute atomic E-state index is 0.0219. The number of rotatable bonds is 5. The van der Waals surface area contributed by atoms with Gasteiger partial charge in [0, 0.05) is 25.3 Å². The lowest BCUT2D eigenvalue weighted by atomic mass is 9.84. The Morgan fingerprint density at radius 3 is 2.48 bits per heavy atom. The van der Waals surface area contributed by atoms with Crippen LogP contribution in [0.1, 0.15) is 51.5 Å². The maximum Gasteiger partial charge on any atom is 0.224 e. The number of imidazole rings is 1. The van der Waals surface area contributed by atoms with E-state index in [9.17, 15) is 13.9 Å². The van der Waals surface area contributed by atoms with Gasteiger partial charge < -0.3 is 20.5 Å². The molecule has 1 saturated carbocycles. The van der Waals surface area contributed by atoms with Crippen molar-refractivity contribution < 1.29 is 18.6 Å². The number of anilines is 3. The highest BCUT2D eigenvalue weighted by Crippen LogP contribution is 2.33. The Balaban J connectivity index is 1.49. The van der Waals surface area contributed by atoms with Crippen molar-refractivity contribution in [3.05, 3.63) is 36.0 Å². The number of aromatic nitrogens is 4. The summed E-state index contributed by atoms with van der Waals surface area (Å²) in [6.07, 6.45) is 6.20. The van der Waals surface area contributed by atoms with Crippen LogP contribution in [0.2, 0.25) is 0 Å². The fourth-order valence-corrected chi connectivity index (χ4v) is 4.63. The van der Waals surface area contributed by atoms with Crippen LogP contribution in [-0.2, 0) is 4.74 Å². The molecule has 0 radical (unpaired) electrons. The highest BCUT2D eigenvalue weighted by atomic mass is 19.1. The summed E-state index contributed by atoms with van der Waals surface area (Å²) in [5.41, 5.74) is 0.272. The van der Waals surface area contributed by atoms with Crippen LogP contribution in [0.4, 0.5) is 26.4 Å². The van der Waals surface area contributed by atoms with Crippen molar-refractivity contribution >= 4 is 28.7 Å². The molecule has 0 bridgehead atoms. The number of hydrogen-bond acceptors (Lipinski definition) is 7. The first-order valence-electron chi connectivity index (χ1n) is 11.4. The summed E-state index contributed by atoms with van der Waals surface area (Å²) in [7, 11) is 0. The van der Waals surface area contributed by atoms with E-state index in [1.54, 1.807) is 6.20 Å². The van der Waals surface area contributed by atoms with Crippen LogP contribution < -0.4 is 10.6 Å². The second kappa shape index (κ2) is 8.83. The number of nitrogens with zero attached hydrogens (tertiary/aromatic N) is 4. The average molecular weight is 459 g/mol. The van der Waals surface area contributed by atoms with Crippen molar-refractivity contribution in [3.8, 4) is 0 Å². The van der Waals surface area contributed by atoms with E-state index in [1.807, 2.05) is 11.5 Å². The van der Waals surface area contributed by atoms with Crippen molar-refractivity contribution in [3.63, 3.8) is 0 Å². The van der Waals surface area contributed by atoms with Gasteiger partial charge >= 0.3 is 0 Å². The predicted molar refractivity (Wildman–Crippen MR) is 121 cm³/mol. The Morgan fingerprint density at radius 1 is 1.09 bits per heavy atom. The minimum Gasteiger partial charge on any atom is -0.390 e. The fraction of sp³-hybridized carbons (Fsp3) is 0.522. The first-order chi connectivity index (χ1) is 15.9. The number of nitrogens with one attached hydrogen (secondary N) is 2. The van der Waals surface area contributed by atoms with Gasteiger partial charge in [0.1, 0.15) is 22.8 Å². The first-order valence-corrected chi connectivity index (χ1v) is 11.4. The summed E-state index contributed by atoms with van der Waals surface area (Å²) in [6, 6.07) is 3.93. The van der Waals surface area contributed by atoms with E-state index >= 15 is 0 Å². The Morgan fingerprint density at radius 2 is 1.79 bits per heavy atom. The molecule has 1 saturated heterocycles. The van der Waals surface area contributed by atoms with E-state index in [2.05, 4.69) is 20.6 Å². The van der Waals surface area contributed by atoms with Crippen LogP contribution in [-0.4, -0.2) is 49.5 Å². The van der Waals surface area contributed by atoms with E-state index in [0.29, 0.717) is 36.3 Å². The maximum atomic E-state index is 14.3. The summed E-state index contributed by atoms with van der Waals surface area (Å²) in [5.74, 6) is -0.587. The molecule has 2 fully saturated rings. The molecule has 3 aromatic rings. The molecule has 1 aliphatic heterocycles. The molecule has 33 heavy (non-hydrogen) atoms. The van der Waals surface area contributed by atoms with Crippen LogP contribution in [0.25, 0.3) is 11.2 Å². The van der Waals surface area contributed by atoms with Gasteiger partial charge in [0.25, 0.3) is 0 Å². The van der Waals surface area contributed by atoms with Crippen molar-refractivity contribution in [2.75, 3.05) is 23.8 Å². The summed E-state index contributed by atoms with van der Waals surface area (Å²) < 4.78 is 36.1. The molecule has 5 rings (SSSR count). The van der Waals surface area contributed by atoms with E-state index in [1.165, 1.54) is 18.2 Å². The Labute approximate surface area is 190 Å². The van der Waals surface area contributed by atoms with Gasteiger partial charge in [0.05, 0.1) is 11.8 Å². The Bertz CT molecular complexity index is 1120. The molecule has 3 N–H and O–H groups in total. The quantitative estimate of drug-likeness (QED) is 0.524. The topological polar surface area (TPSA) is 97.1 Å². The highest BCUT2D eigenvalue weighted by molar-refractivity contribution is 5.76. The van der Waals surface area contributed by atoms with E-state index in [0.717, 1.165) is 38.5 Å². The molecule has 0 amide bonds. The number of halogens is 2. The summed E-state index contributed by atoms with van der Waals surface area (Å²) in [5, 5.41) is 16.4. The molecule has 1 aliphatic carbocycles. The second-order valence-electron chi connectivity index (χ2n) is 9.19. The van der Waals surface area contributed by atoms with Crippen molar-refractivity contribution in [2.24, 2.45) is 0 Å². The van der Waals surface area contributed by atoms with Crippen LogP contribution >= 0.6 is 0 Å². The van der Waals surface area contributed by atoms with Crippen molar-refractivity contribution in [2.45, 2.75) is 63.1 Å². The van der Waals surface area contributed by atoms with Gasteiger partial charge in [-0.1, -0.05) is 6.07 Å². The van der Waals surface area contributed by atoms with E-state index < -0.39 is 17.2 Å². The molecule has 8 nitrogen and oxygen atoms in total. The number of aliphatic hydroxyl groups is 1. The summed E-state index contributed by atoms with van der Waals surface area (Å²) in [6.45, 7) is 3.05. The van der Waals surface area contributed by atoms with E-state index in [-0.39, 0.29) is 17.8 Å². The third-order valence-electron chi connectivity index (χ3n) is 6.58. The molecule has 10 heteroatoms. The average Bonchev–Trinajstić information content (AvgIpc) is 3.16. The molecule has 1 aromatic carbocycles. The summed E-state index contributed by atoms with van der Waals surface area (Å²) >= 11 is 0. The number of para-hydroxylation sites is 1. The Kier molecular flexibility index (Phi) is 5.88. The lowest BCUT2D eigenvalue weighted by molar-refractivity contribution is 0.0195. The van der Waals surface area contributed by atoms with Gasteiger partial charge in [-0.3, -0.25) is 4.57 Å². The van der Waals surface area contributed by atoms with E-state index in [4.69, 9.17) is 9.72 Å². The minimum atomic E-state index is -0.692. The van der Waals surface area contributed by atoms with Crippen LogP contribution in [0.3, 0.4) is 0 Å². The second-order valence-corrected chi connectivity index (χ2v) is 9.19. The van der Waals surface area contributed by atoms with Crippen molar-refractivity contribution in [1.82, 2.24) is 19.5 Å². The highest BCUT2D eigenvalue weighted by Gasteiger charge is 2.29. The molecule has 2 aliphatic rings. The lowest BCUT2D eigenvalue weighted by Gasteiger charge is -2.33. The lowest BCUT2D eigenvalue weighted by Crippen LogP contribution is -2.36. The number of hydrogen-bond donors (Lipinski definition) is 3. The standard InChI is InChI=1S/C23H28F2N6O2/c1-23(32)9-5-14(6-10-23)27-21-26-13-18-20(30-21)31(15-7-11-33-12-8-15)22(28-18)29-19-16(24)3-2-4-17(19)25/h2-4,13-15,32H,5-12H2,1H3,(H,28,29)(H,26,27,30)/t14-,23-. The Hall–Kier alpha value is -2.85. The van der Waals surface area contributed by atoms with Gasteiger partial charge in [0.2, 0.25) is 11.9 Å². The molecular formula is C23H28F2N6O2. The zero-order valence-electron chi connectivity index (χ0n) is 18.5. The molecule has 0 unspecified atom stereocenters. The number of benzene rings is 1. The summed E-state index contributed by atoms with van der Waals surface area (Å²) in [4.78, 5) is 13.7. The predicted octanol–water partition coefficient (Wildman–Crippen LogP) is 4.31. The van der Waals surface area contributed by atoms with Crippen LogP contribution in [0, 0.1) is 11.6 Å². The monoisotopic (exact) mass is 458 g/mol. The van der Waals surface area contributed by atoms with Gasteiger partial charge in [-0.25, -0.2) is 18.7 Å². The number of fused-ring (bicyclic) bond motifs is 1. The number of ether oxygens (including phenoxy) is 1. The normalized spacial score (nSPS) is 24.2. The first kappa shape index (κ1) is 22.0. The molecule has 3 heterocycles. The zero-order chi connectivity index (χ0) is 23.0. The van der Waals surface area contributed by atoms with Crippen LogP contribution in [0.5, 0.6) is 0 Å². The van der Waals surface area contributed by atoms with Crippen LogP contribution in [0.15, 0.2) is 24.4 Å². The van der Waals surface area contributed by atoms with Gasteiger partial charge in [-0.2, -0.15) is 4.98 Å². The SMILES string of the molecule is C[C@]1(O)CC[C@H](Nc2ncc3nc(Nc4c(F)cccc4F)n(C4CCOCC4)c3n2)CC1. The zero-order valence-corrected chi connectivity index (χ0v) is 18.5. The maximum absolute atomic E-state index is 14.3. The molecule has 2 aromatic heterocycles. The smallest absolute Gasteiger partial charge is 0.224 e.